The highest BCUT2D eigenvalue weighted by Crippen LogP contribution is 2.33. The molecule has 2 aromatic heterocycles. The highest BCUT2D eigenvalue weighted by molar-refractivity contribution is 8.04. The molecular formula is C21H20N4OS. The zero-order chi connectivity index (χ0) is 18.2. The molecule has 0 saturated heterocycles. The van der Waals surface area contributed by atoms with Crippen LogP contribution in [0.1, 0.15) is 23.6 Å². The number of nitrogens with one attached hydrogen (secondary N) is 2. The Hall–Kier alpha value is -2.73. The lowest BCUT2D eigenvalue weighted by atomic mass is 10.1. The van der Waals surface area contributed by atoms with Crippen LogP contribution in [0, 0.1) is 0 Å². The third-order valence-electron chi connectivity index (χ3n) is 5.27. The van der Waals surface area contributed by atoms with Crippen molar-refractivity contribution in [2.75, 3.05) is 17.2 Å². The fourth-order valence-electron chi connectivity index (χ4n) is 3.94. The first-order chi connectivity index (χ1) is 13.3. The first-order valence-corrected chi connectivity index (χ1v) is 10.2. The van der Waals surface area contributed by atoms with Gasteiger partial charge in [-0.05, 0) is 36.1 Å². The lowest BCUT2D eigenvalue weighted by Crippen LogP contribution is -2.32. The SMILES string of the molecule is O=C(NC1CCc2ccccc21)C1=CN(c2ccnc3[nH]ccc23)CCS1. The second-order valence-electron chi connectivity index (χ2n) is 6.87. The van der Waals surface area contributed by atoms with Gasteiger partial charge in [0.1, 0.15) is 5.65 Å². The Labute approximate surface area is 161 Å². The van der Waals surface area contributed by atoms with Gasteiger partial charge in [-0.1, -0.05) is 24.3 Å². The fraction of sp³-hybridized carbons (Fsp3) is 0.238. The van der Waals surface area contributed by atoms with Crippen LogP contribution in [0.4, 0.5) is 5.69 Å². The van der Waals surface area contributed by atoms with Gasteiger partial charge in [0.25, 0.3) is 5.91 Å². The zero-order valence-corrected chi connectivity index (χ0v) is 15.6. The van der Waals surface area contributed by atoms with E-state index in [9.17, 15) is 4.79 Å². The molecule has 0 fully saturated rings. The molecule has 0 saturated carbocycles. The average molecular weight is 376 g/mol. The van der Waals surface area contributed by atoms with E-state index in [-0.39, 0.29) is 11.9 Å². The first kappa shape index (κ1) is 16.4. The summed E-state index contributed by atoms with van der Waals surface area (Å²) in [5.74, 6) is 0.903. The van der Waals surface area contributed by atoms with Gasteiger partial charge >= 0.3 is 0 Å². The van der Waals surface area contributed by atoms with Gasteiger partial charge < -0.3 is 15.2 Å². The normalized spacial score (nSPS) is 19.0. The molecule has 3 heterocycles. The lowest BCUT2D eigenvalue weighted by Gasteiger charge is -2.27. The summed E-state index contributed by atoms with van der Waals surface area (Å²) in [6.07, 6.45) is 7.68. The number of anilines is 1. The van der Waals surface area contributed by atoms with Gasteiger partial charge in [0.2, 0.25) is 0 Å². The highest BCUT2D eigenvalue weighted by Gasteiger charge is 2.26. The molecule has 0 bridgehead atoms. The molecule has 5 nitrogen and oxygen atoms in total. The molecule has 0 radical (unpaired) electrons. The molecule has 2 aliphatic rings. The second-order valence-corrected chi connectivity index (χ2v) is 8.01. The maximum atomic E-state index is 12.9. The molecule has 1 aliphatic heterocycles. The monoisotopic (exact) mass is 376 g/mol. The predicted octanol–water partition coefficient (Wildman–Crippen LogP) is 3.76. The summed E-state index contributed by atoms with van der Waals surface area (Å²) >= 11 is 1.63. The number of nitrogens with zero attached hydrogens (tertiary/aromatic N) is 2. The summed E-state index contributed by atoms with van der Waals surface area (Å²) in [6, 6.07) is 12.5. The molecule has 0 spiro atoms. The summed E-state index contributed by atoms with van der Waals surface area (Å²) in [5, 5.41) is 4.31. The number of benzene rings is 1. The fourth-order valence-corrected chi connectivity index (χ4v) is 4.84. The molecule has 3 aromatic rings. The summed E-state index contributed by atoms with van der Waals surface area (Å²) < 4.78 is 0. The number of aryl methyl sites for hydroxylation is 1. The molecule has 1 unspecified atom stereocenters. The number of rotatable bonds is 3. The van der Waals surface area contributed by atoms with Crippen molar-refractivity contribution < 1.29 is 4.79 Å². The van der Waals surface area contributed by atoms with E-state index in [0.29, 0.717) is 0 Å². The summed E-state index contributed by atoms with van der Waals surface area (Å²) in [4.78, 5) is 23.3. The number of fused-ring (bicyclic) bond motifs is 2. The number of carbonyl (C=O) groups is 1. The number of amides is 1. The van der Waals surface area contributed by atoms with Crippen molar-refractivity contribution in [2.45, 2.75) is 18.9 Å². The standard InChI is InChI=1S/C21H20N4OS/c26-21(24-17-6-5-14-3-1-2-4-15(14)17)19-13-25(11-12-27-19)18-8-10-23-20-16(18)7-9-22-20/h1-4,7-10,13,17H,5-6,11-12H2,(H,22,23)(H,24,26). The van der Waals surface area contributed by atoms with E-state index in [1.54, 1.807) is 18.0 Å². The van der Waals surface area contributed by atoms with Gasteiger partial charge in [0.05, 0.1) is 16.6 Å². The van der Waals surface area contributed by atoms with Crippen LogP contribution < -0.4 is 10.2 Å². The molecular weight excluding hydrogens is 356 g/mol. The number of pyridine rings is 1. The van der Waals surface area contributed by atoms with Crippen LogP contribution in [0.3, 0.4) is 0 Å². The molecule has 1 aromatic carbocycles. The maximum absolute atomic E-state index is 12.9. The minimum absolute atomic E-state index is 0.0192. The third kappa shape index (κ3) is 3.00. The van der Waals surface area contributed by atoms with Crippen molar-refractivity contribution in [3.63, 3.8) is 0 Å². The summed E-state index contributed by atoms with van der Waals surface area (Å²) in [6.45, 7) is 0.873. The average Bonchev–Trinajstić information content (AvgIpc) is 3.35. The Kier molecular flexibility index (Phi) is 4.13. The number of hydrogen-bond donors (Lipinski definition) is 2. The van der Waals surface area contributed by atoms with E-state index < -0.39 is 0 Å². The Morgan fingerprint density at radius 2 is 2.19 bits per heavy atom. The van der Waals surface area contributed by atoms with Crippen LogP contribution in [0.15, 0.2) is 59.9 Å². The lowest BCUT2D eigenvalue weighted by molar-refractivity contribution is -0.117. The first-order valence-electron chi connectivity index (χ1n) is 9.21. The number of hydrogen-bond acceptors (Lipinski definition) is 4. The summed E-state index contributed by atoms with van der Waals surface area (Å²) in [7, 11) is 0. The van der Waals surface area contributed by atoms with Crippen molar-refractivity contribution in [3.8, 4) is 0 Å². The number of carbonyl (C=O) groups excluding carboxylic acids is 1. The Morgan fingerprint density at radius 3 is 3.15 bits per heavy atom. The van der Waals surface area contributed by atoms with Crippen LogP contribution in [0.2, 0.25) is 0 Å². The molecule has 2 N–H and O–H groups in total. The molecule has 1 aliphatic carbocycles. The molecule has 5 rings (SSSR count). The van der Waals surface area contributed by atoms with E-state index in [2.05, 4.69) is 38.4 Å². The van der Waals surface area contributed by atoms with E-state index in [1.807, 2.05) is 30.6 Å². The van der Waals surface area contributed by atoms with E-state index in [4.69, 9.17) is 0 Å². The number of aromatic nitrogens is 2. The van der Waals surface area contributed by atoms with Crippen molar-refractivity contribution in [1.82, 2.24) is 15.3 Å². The molecule has 6 heteroatoms. The number of H-pyrrole nitrogens is 1. The van der Waals surface area contributed by atoms with Crippen molar-refractivity contribution in [2.24, 2.45) is 0 Å². The smallest absolute Gasteiger partial charge is 0.259 e. The van der Waals surface area contributed by atoms with Crippen LogP contribution in [0.25, 0.3) is 11.0 Å². The zero-order valence-electron chi connectivity index (χ0n) is 14.8. The Morgan fingerprint density at radius 1 is 1.26 bits per heavy atom. The van der Waals surface area contributed by atoms with Gasteiger partial charge in [0.15, 0.2) is 0 Å². The maximum Gasteiger partial charge on any atom is 0.259 e. The van der Waals surface area contributed by atoms with Crippen molar-refractivity contribution in [3.05, 3.63) is 71.0 Å². The largest absolute Gasteiger partial charge is 0.346 e. The number of thioether (sulfide) groups is 1. The van der Waals surface area contributed by atoms with E-state index in [1.165, 1.54) is 11.1 Å². The van der Waals surface area contributed by atoms with Crippen LogP contribution in [-0.2, 0) is 11.2 Å². The van der Waals surface area contributed by atoms with Gasteiger partial charge in [-0.3, -0.25) is 4.79 Å². The predicted molar refractivity (Wildman–Crippen MR) is 110 cm³/mol. The summed E-state index contributed by atoms with van der Waals surface area (Å²) in [5.41, 5.74) is 4.55. The van der Waals surface area contributed by atoms with Gasteiger partial charge in [-0.15, -0.1) is 11.8 Å². The molecule has 1 amide bonds. The van der Waals surface area contributed by atoms with Crippen LogP contribution in [0.5, 0.6) is 0 Å². The van der Waals surface area contributed by atoms with Crippen LogP contribution >= 0.6 is 11.8 Å². The van der Waals surface area contributed by atoms with Crippen molar-refractivity contribution >= 4 is 34.4 Å². The minimum atomic E-state index is 0.0192. The quantitative estimate of drug-likeness (QED) is 0.731. The molecule has 27 heavy (non-hydrogen) atoms. The van der Waals surface area contributed by atoms with Crippen molar-refractivity contribution in [1.29, 1.82) is 0 Å². The minimum Gasteiger partial charge on any atom is -0.346 e. The van der Waals surface area contributed by atoms with Gasteiger partial charge in [-0.25, -0.2) is 4.98 Å². The van der Waals surface area contributed by atoms with Gasteiger partial charge in [-0.2, -0.15) is 0 Å². The van der Waals surface area contributed by atoms with Gasteiger partial charge in [0, 0.05) is 36.3 Å². The highest BCUT2D eigenvalue weighted by atomic mass is 32.2. The molecule has 1 atom stereocenters. The van der Waals surface area contributed by atoms with Crippen LogP contribution in [-0.4, -0.2) is 28.2 Å². The molecule has 136 valence electrons. The Balaban J connectivity index is 1.39. The second kappa shape index (κ2) is 6.78. The van der Waals surface area contributed by atoms with E-state index >= 15 is 0 Å². The Bertz CT molecular complexity index is 1040. The van der Waals surface area contributed by atoms with E-state index in [0.717, 1.165) is 46.8 Å². The topological polar surface area (TPSA) is 61.0 Å². The number of aromatic amines is 1. The third-order valence-corrected chi connectivity index (χ3v) is 6.26.